The van der Waals surface area contributed by atoms with Crippen molar-refractivity contribution in [2.45, 2.75) is 6.54 Å². The fourth-order valence-electron chi connectivity index (χ4n) is 2.23. The van der Waals surface area contributed by atoms with Gasteiger partial charge in [0.25, 0.3) is 5.91 Å². The zero-order valence-corrected chi connectivity index (χ0v) is 13.2. The minimum Gasteiger partial charge on any atom is -0.494 e. The van der Waals surface area contributed by atoms with Crippen LogP contribution in [0.3, 0.4) is 0 Å². The lowest BCUT2D eigenvalue weighted by atomic mass is 10.2. The molecule has 1 amide bonds. The molecule has 0 spiro atoms. The molecule has 3 rings (SSSR count). The summed E-state index contributed by atoms with van der Waals surface area (Å²) >= 11 is 0. The molecule has 0 aliphatic carbocycles. The largest absolute Gasteiger partial charge is 0.494 e. The lowest BCUT2D eigenvalue weighted by Crippen LogP contribution is -2.13. The van der Waals surface area contributed by atoms with Crippen LogP contribution in [0.5, 0.6) is 5.75 Å². The monoisotopic (exact) mass is 344 g/mol. The van der Waals surface area contributed by atoms with E-state index < -0.39 is 17.5 Å². The third-order valence-electron chi connectivity index (χ3n) is 3.45. The van der Waals surface area contributed by atoms with Gasteiger partial charge in [0.05, 0.1) is 25.5 Å². The molecule has 0 aliphatic heterocycles. The van der Waals surface area contributed by atoms with Gasteiger partial charge in [-0.05, 0) is 5.56 Å². The number of hydrogen-bond acceptors (Lipinski definition) is 4. The Balaban J connectivity index is 1.75. The van der Waals surface area contributed by atoms with E-state index in [0.29, 0.717) is 6.54 Å². The van der Waals surface area contributed by atoms with E-state index in [1.165, 1.54) is 18.0 Å². The fraction of sp³-hybridized carbons (Fsp3) is 0.118. The third-order valence-corrected chi connectivity index (χ3v) is 3.45. The van der Waals surface area contributed by atoms with Gasteiger partial charge in [0, 0.05) is 12.1 Å². The molecule has 25 heavy (non-hydrogen) atoms. The number of anilines is 1. The number of hydrogen-bond donors (Lipinski definition) is 1. The van der Waals surface area contributed by atoms with E-state index in [1.54, 1.807) is 0 Å². The molecule has 0 fully saturated rings. The standard InChI is InChI=1S/C17H14F2N4O2/c1-25-16-8-13(19)12(18)7-14(16)20-17(24)15-10-23(22-21-15)9-11-5-3-2-4-6-11/h2-8,10H,9H2,1H3,(H,20,24). The number of benzene rings is 2. The maximum atomic E-state index is 13.4. The molecule has 1 heterocycles. The summed E-state index contributed by atoms with van der Waals surface area (Å²) in [7, 11) is 1.29. The van der Waals surface area contributed by atoms with Gasteiger partial charge in [-0.15, -0.1) is 5.10 Å². The average Bonchev–Trinajstić information content (AvgIpc) is 3.07. The van der Waals surface area contributed by atoms with E-state index in [9.17, 15) is 13.6 Å². The molecule has 0 saturated heterocycles. The number of carbonyl (C=O) groups excluding carboxylic acids is 1. The van der Waals surface area contributed by atoms with E-state index in [-0.39, 0.29) is 17.1 Å². The second kappa shape index (κ2) is 7.08. The zero-order chi connectivity index (χ0) is 17.8. The molecule has 3 aromatic rings. The van der Waals surface area contributed by atoms with Crippen molar-refractivity contribution in [1.29, 1.82) is 0 Å². The molecule has 0 atom stereocenters. The number of aromatic nitrogens is 3. The molecule has 0 unspecified atom stereocenters. The normalized spacial score (nSPS) is 10.5. The molecular weight excluding hydrogens is 330 g/mol. The van der Waals surface area contributed by atoms with Crippen LogP contribution in [-0.4, -0.2) is 28.0 Å². The fourth-order valence-corrected chi connectivity index (χ4v) is 2.23. The molecule has 2 aromatic carbocycles. The minimum atomic E-state index is -1.09. The zero-order valence-electron chi connectivity index (χ0n) is 13.2. The molecular formula is C17H14F2N4O2. The number of methoxy groups -OCH3 is 1. The Morgan fingerprint density at radius 3 is 2.64 bits per heavy atom. The van der Waals surface area contributed by atoms with Gasteiger partial charge in [0.15, 0.2) is 17.3 Å². The highest BCUT2D eigenvalue weighted by molar-refractivity contribution is 6.03. The number of rotatable bonds is 5. The van der Waals surface area contributed by atoms with Crippen molar-refractivity contribution in [3.63, 3.8) is 0 Å². The van der Waals surface area contributed by atoms with Crippen LogP contribution < -0.4 is 10.1 Å². The number of ether oxygens (including phenoxy) is 1. The Morgan fingerprint density at radius 1 is 1.20 bits per heavy atom. The van der Waals surface area contributed by atoms with Gasteiger partial charge < -0.3 is 10.1 Å². The molecule has 0 saturated carbocycles. The molecule has 6 nitrogen and oxygen atoms in total. The van der Waals surface area contributed by atoms with Crippen LogP contribution in [0, 0.1) is 11.6 Å². The SMILES string of the molecule is COc1cc(F)c(F)cc1NC(=O)c1cn(Cc2ccccc2)nn1. The summed E-state index contributed by atoms with van der Waals surface area (Å²) in [4.78, 5) is 12.2. The van der Waals surface area contributed by atoms with E-state index in [4.69, 9.17) is 4.74 Å². The second-order valence-electron chi connectivity index (χ2n) is 5.21. The van der Waals surface area contributed by atoms with Crippen LogP contribution in [0.15, 0.2) is 48.7 Å². The first kappa shape index (κ1) is 16.6. The first-order valence-corrected chi connectivity index (χ1v) is 7.35. The summed E-state index contributed by atoms with van der Waals surface area (Å²) in [5.74, 6) is -2.76. The Kier molecular flexibility index (Phi) is 4.69. The Labute approximate surface area is 142 Å². The van der Waals surface area contributed by atoms with E-state index in [1.807, 2.05) is 30.3 Å². The summed E-state index contributed by atoms with van der Waals surface area (Å²) in [5.41, 5.74) is 1.05. The van der Waals surface area contributed by atoms with Gasteiger partial charge in [0.2, 0.25) is 0 Å². The Bertz CT molecular complexity index is 897. The van der Waals surface area contributed by atoms with Crippen LogP contribution in [-0.2, 0) is 6.54 Å². The topological polar surface area (TPSA) is 69.0 Å². The molecule has 0 aliphatic rings. The Morgan fingerprint density at radius 2 is 1.92 bits per heavy atom. The molecule has 8 heteroatoms. The maximum Gasteiger partial charge on any atom is 0.277 e. The van der Waals surface area contributed by atoms with Crippen molar-refractivity contribution >= 4 is 11.6 Å². The van der Waals surface area contributed by atoms with Crippen molar-refractivity contribution in [1.82, 2.24) is 15.0 Å². The maximum absolute atomic E-state index is 13.4. The van der Waals surface area contributed by atoms with Crippen molar-refractivity contribution < 1.29 is 18.3 Å². The van der Waals surface area contributed by atoms with Crippen molar-refractivity contribution in [3.05, 3.63) is 71.6 Å². The Hall–Kier alpha value is -3.29. The molecule has 1 N–H and O–H groups in total. The first-order chi connectivity index (χ1) is 12.1. The number of nitrogens with one attached hydrogen (secondary N) is 1. The quantitative estimate of drug-likeness (QED) is 0.773. The number of amides is 1. The molecule has 1 aromatic heterocycles. The van der Waals surface area contributed by atoms with E-state index in [0.717, 1.165) is 17.7 Å². The lowest BCUT2D eigenvalue weighted by molar-refractivity contribution is 0.102. The number of carbonyl (C=O) groups is 1. The predicted molar refractivity (Wildman–Crippen MR) is 86.4 cm³/mol. The highest BCUT2D eigenvalue weighted by Gasteiger charge is 2.16. The van der Waals surface area contributed by atoms with Gasteiger partial charge in [-0.2, -0.15) is 0 Å². The van der Waals surface area contributed by atoms with Crippen LogP contribution in [0.4, 0.5) is 14.5 Å². The predicted octanol–water partition coefficient (Wildman–Crippen LogP) is 2.87. The van der Waals surface area contributed by atoms with Gasteiger partial charge >= 0.3 is 0 Å². The first-order valence-electron chi connectivity index (χ1n) is 7.35. The smallest absolute Gasteiger partial charge is 0.277 e. The van der Waals surface area contributed by atoms with E-state index >= 15 is 0 Å². The van der Waals surface area contributed by atoms with Gasteiger partial charge in [-0.25, -0.2) is 13.5 Å². The number of halogens is 2. The van der Waals surface area contributed by atoms with Crippen molar-refractivity contribution in [2.24, 2.45) is 0 Å². The summed E-state index contributed by atoms with van der Waals surface area (Å²) in [6, 6.07) is 11.3. The molecule has 128 valence electrons. The summed E-state index contributed by atoms with van der Waals surface area (Å²) in [5, 5.41) is 10.1. The number of nitrogens with zero attached hydrogens (tertiary/aromatic N) is 3. The van der Waals surface area contributed by atoms with Crippen LogP contribution in [0.1, 0.15) is 16.1 Å². The van der Waals surface area contributed by atoms with Crippen molar-refractivity contribution in [3.8, 4) is 5.75 Å². The van der Waals surface area contributed by atoms with Crippen LogP contribution in [0.2, 0.25) is 0 Å². The average molecular weight is 344 g/mol. The summed E-state index contributed by atoms with van der Waals surface area (Å²) in [6.07, 6.45) is 1.47. The third kappa shape index (κ3) is 3.79. The summed E-state index contributed by atoms with van der Waals surface area (Å²) in [6.45, 7) is 0.454. The van der Waals surface area contributed by atoms with Crippen LogP contribution >= 0.6 is 0 Å². The van der Waals surface area contributed by atoms with Crippen molar-refractivity contribution in [2.75, 3.05) is 12.4 Å². The highest BCUT2D eigenvalue weighted by atomic mass is 19.2. The minimum absolute atomic E-state index is 0.00364. The van der Waals surface area contributed by atoms with Gasteiger partial charge in [-0.1, -0.05) is 35.5 Å². The lowest BCUT2D eigenvalue weighted by Gasteiger charge is -2.09. The van der Waals surface area contributed by atoms with Crippen LogP contribution in [0.25, 0.3) is 0 Å². The van der Waals surface area contributed by atoms with Gasteiger partial charge in [-0.3, -0.25) is 4.79 Å². The van der Waals surface area contributed by atoms with E-state index in [2.05, 4.69) is 15.6 Å². The second-order valence-corrected chi connectivity index (χ2v) is 5.21. The molecule has 0 bridgehead atoms. The summed E-state index contributed by atoms with van der Waals surface area (Å²) < 4.78 is 33.1. The highest BCUT2D eigenvalue weighted by Crippen LogP contribution is 2.27. The molecule has 0 radical (unpaired) electrons. The van der Waals surface area contributed by atoms with Gasteiger partial charge in [0.1, 0.15) is 5.75 Å².